The maximum Gasteiger partial charge on any atom is 0.0702 e. The van der Waals surface area contributed by atoms with Gasteiger partial charge in [0.2, 0.25) is 0 Å². The number of rotatable bonds is 3. The Kier molecular flexibility index (Phi) is 5.26. The minimum absolute atomic E-state index is 0.488. The lowest BCUT2D eigenvalue weighted by Crippen LogP contribution is -2.44. The molecule has 3 unspecified atom stereocenters. The number of nitrogens with zero attached hydrogens (tertiary/aromatic N) is 1. The Bertz CT molecular complexity index is 216. The summed E-state index contributed by atoms with van der Waals surface area (Å²) in [5.41, 5.74) is 0. The topological polar surface area (TPSA) is 24.5 Å². The van der Waals surface area contributed by atoms with Crippen LogP contribution < -0.4 is 5.32 Å². The van der Waals surface area contributed by atoms with E-state index < -0.39 is 0 Å². The molecule has 3 heteroatoms. The molecule has 0 radical (unpaired) electrons. The third-order valence-corrected chi connectivity index (χ3v) is 4.28. The quantitative estimate of drug-likeness (QED) is 0.817. The van der Waals surface area contributed by atoms with Crippen LogP contribution in [0.2, 0.25) is 0 Å². The second-order valence-corrected chi connectivity index (χ2v) is 5.64. The van der Waals surface area contributed by atoms with Gasteiger partial charge in [0.05, 0.1) is 6.10 Å². The lowest BCUT2D eigenvalue weighted by molar-refractivity contribution is -0.0127. The highest BCUT2D eigenvalue weighted by molar-refractivity contribution is 4.82. The molecule has 0 aromatic rings. The van der Waals surface area contributed by atoms with Crippen LogP contribution in [-0.4, -0.2) is 49.3 Å². The van der Waals surface area contributed by atoms with Gasteiger partial charge < -0.3 is 10.1 Å². The lowest BCUT2D eigenvalue weighted by atomic mass is 10.1. The van der Waals surface area contributed by atoms with E-state index in [0.717, 1.165) is 13.2 Å². The van der Waals surface area contributed by atoms with Crippen LogP contribution in [0.25, 0.3) is 0 Å². The molecular weight excluding hydrogens is 212 g/mol. The van der Waals surface area contributed by atoms with Crippen molar-refractivity contribution in [3.63, 3.8) is 0 Å². The summed E-state index contributed by atoms with van der Waals surface area (Å²) in [6.45, 7) is 9.12. The molecule has 3 atom stereocenters. The fourth-order valence-corrected chi connectivity index (χ4v) is 2.95. The zero-order valence-corrected chi connectivity index (χ0v) is 11.5. The summed E-state index contributed by atoms with van der Waals surface area (Å²) in [7, 11) is 0. The fourth-order valence-electron chi connectivity index (χ4n) is 2.95. The van der Waals surface area contributed by atoms with Crippen LogP contribution in [-0.2, 0) is 4.74 Å². The van der Waals surface area contributed by atoms with Gasteiger partial charge >= 0.3 is 0 Å². The Morgan fingerprint density at radius 3 is 2.88 bits per heavy atom. The smallest absolute Gasteiger partial charge is 0.0702 e. The van der Waals surface area contributed by atoms with E-state index in [-0.39, 0.29) is 0 Å². The van der Waals surface area contributed by atoms with Crippen molar-refractivity contribution in [2.24, 2.45) is 0 Å². The first-order chi connectivity index (χ1) is 8.29. The van der Waals surface area contributed by atoms with E-state index in [4.69, 9.17) is 4.74 Å². The SMILES string of the molecule is CCC1CN(CC2CCCCO2)C(C)CCN1. The third-order valence-electron chi connectivity index (χ3n) is 4.28. The van der Waals surface area contributed by atoms with E-state index in [1.54, 1.807) is 0 Å². The molecule has 2 saturated heterocycles. The number of ether oxygens (including phenoxy) is 1. The van der Waals surface area contributed by atoms with Crippen LogP contribution in [0.3, 0.4) is 0 Å². The summed E-state index contributed by atoms with van der Waals surface area (Å²) in [5, 5.41) is 3.65. The molecule has 0 aromatic heterocycles. The fraction of sp³-hybridized carbons (Fsp3) is 1.00. The molecule has 2 aliphatic rings. The predicted octanol–water partition coefficient (Wildman–Crippen LogP) is 2.02. The maximum absolute atomic E-state index is 5.88. The standard InChI is InChI=1S/C14H28N2O/c1-3-13-10-16(12(2)7-8-15-13)11-14-6-4-5-9-17-14/h12-15H,3-11H2,1-2H3. The molecule has 17 heavy (non-hydrogen) atoms. The van der Waals surface area contributed by atoms with Gasteiger partial charge in [-0.15, -0.1) is 0 Å². The van der Waals surface area contributed by atoms with E-state index in [0.29, 0.717) is 18.2 Å². The highest BCUT2D eigenvalue weighted by Gasteiger charge is 2.25. The zero-order chi connectivity index (χ0) is 12.1. The molecule has 100 valence electrons. The Morgan fingerprint density at radius 1 is 1.29 bits per heavy atom. The molecule has 0 amide bonds. The maximum atomic E-state index is 5.88. The van der Waals surface area contributed by atoms with Gasteiger partial charge in [-0.25, -0.2) is 0 Å². The molecule has 0 aliphatic carbocycles. The molecule has 0 spiro atoms. The van der Waals surface area contributed by atoms with Crippen LogP contribution >= 0.6 is 0 Å². The van der Waals surface area contributed by atoms with Gasteiger partial charge in [-0.1, -0.05) is 6.92 Å². The van der Waals surface area contributed by atoms with Crippen molar-refractivity contribution in [3.8, 4) is 0 Å². The predicted molar refractivity (Wildman–Crippen MR) is 71.3 cm³/mol. The molecule has 1 N–H and O–H groups in total. The normalized spacial score (nSPS) is 36.7. The minimum atomic E-state index is 0.488. The molecular formula is C14H28N2O. The van der Waals surface area contributed by atoms with Crippen molar-refractivity contribution >= 4 is 0 Å². The second kappa shape index (κ2) is 6.72. The van der Waals surface area contributed by atoms with E-state index in [9.17, 15) is 0 Å². The van der Waals surface area contributed by atoms with E-state index in [2.05, 4.69) is 24.1 Å². The van der Waals surface area contributed by atoms with Crippen molar-refractivity contribution in [1.29, 1.82) is 0 Å². The molecule has 2 aliphatic heterocycles. The average Bonchev–Trinajstić information content (AvgIpc) is 2.53. The van der Waals surface area contributed by atoms with Crippen LogP contribution in [0.1, 0.15) is 46.0 Å². The molecule has 2 heterocycles. The summed E-state index contributed by atoms with van der Waals surface area (Å²) in [4.78, 5) is 2.64. The van der Waals surface area contributed by atoms with Gasteiger partial charge in [-0.3, -0.25) is 4.90 Å². The number of hydrogen-bond donors (Lipinski definition) is 1. The summed E-state index contributed by atoms with van der Waals surface area (Å²) in [6.07, 6.45) is 6.85. The summed E-state index contributed by atoms with van der Waals surface area (Å²) in [6, 6.07) is 1.37. The van der Waals surface area contributed by atoms with Crippen LogP contribution in [0.15, 0.2) is 0 Å². The van der Waals surface area contributed by atoms with Gasteiger partial charge in [-0.2, -0.15) is 0 Å². The Morgan fingerprint density at radius 2 is 2.18 bits per heavy atom. The van der Waals surface area contributed by atoms with Crippen molar-refractivity contribution < 1.29 is 4.74 Å². The van der Waals surface area contributed by atoms with Crippen molar-refractivity contribution in [1.82, 2.24) is 10.2 Å². The van der Waals surface area contributed by atoms with Crippen molar-refractivity contribution in [3.05, 3.63) is 0 Å². The first kappa shape index (κ1) is 13.3. The highest BCUT2D eigenvalue weighted by Crippen LogP contribution is 2.17. The summed E-state index contributed by atoms with van der Waals surface area (Å²) >= 11 is 0. The second-order valence-electron chi connectivity index (χ2n) is 5.64. The first-order valence-corrected chi connectivity index (χ1v) is 7.38. The van der Waals surface area contributed by atoms with Crippen LogP contribution in [0, 0.1) is 0 Å². The van der Waals surface area contributed by atoms with E-state index >= 15 is 0 Å². The Labute approximate surface area is 106 Å². The van der Waals surface area contributed by atoms with Gasteiger partial charge in [-0.05, 0) is 45.6 Å². The Hall–Kier alpha value is -0.120. The zero-order valence-electron chi connectivity index (χ0n) is 11.5. The van der Waals surface area contributed by atoms with Gasteiger partial charge in [0.15, 0.2) is 0 Å². The third kappa shape index (κ3) is 3.94. The van der Waals surface area contributed by atoms with Crippen molar-refractivity contribution in [2.75, 3.05) is 26.2 Å². The molecule has 3 nitrogen and oxygen atoms in total. The molecule has 0 saturated carbocycles. The molecule has 2 fully saturated rings. The van der Waals surface area contributed by atoms with Crippen LogP contribution in [0.5, 0.6) is 0 Å². The van der Waals surface area contributed by atoms with E-state index in [1.165, 1.54) is 45.2 Å². The van der Waals surface area contributed by atoms with Crippen LogP contribution in [0.4, 0.5) is 0 Å². The van der Waals surface area contributed by atoms with Gasteiger partial charge in [0.1, 0.15) is 0 Å². The van der Waals surface area contributed by atoms with Gasteiger partial charge in [0.25, 0.3) is 0 Å². The summed E-state index contributed by atoms with van der Waals surface area (Å²) < 4.78 is 5.88. The molecule has 2 rings (SSSR count). The van der Waals surface area contributed by atoms with Crippen molar-refractivity contribution in [2.45, 2.75) is 64.1 Å². The largest absolute Gasteiger partial charge is 0.377 e. The van der Waals surface area contributed by atoms with Gasteiger partial charge in [0, 0.05) is 31.8 Å². The molecule has 0 aromatic carbocycles. The summed E-state index contributed by atoms with van der Waals surface area (Å²) in [5.74, 6) is 0. The first-order valence-electron chi connectivity index (χ1n) is 7.38. The van der Waals surface area contributed by atoms with E-state index in [1.807, 2.05) is 0 Å². The highest BCUT2D eigenvalue weighted by atomic mass is 16.5. The minimum Gasteiger partial charge on any atom is -0.377 e. The Balaban J connectivity index is 1.86. The number of nitrogens with one attached hydrogen (secondary N) is 1. The lowest BCUT2D eigenvalue weighted by Gasteiger charge is -2.33. The monoisotopic (exact) mass is 240 g/mol. The average molecular weight is 240 g/mol. The molecule has 0 bridgehead atoms. The number of hydrogen-bond acceptors (Lipinski definition) is 3.